The minimum atomic E-state index is -0.201. The number of nitrogens with one attached hydrogen (secondary N) is 2. The molecule has 0 fully saturated rings. The number of hydrogen-bond acceptors (Lipinski definition) is 2. The Labute approximate surface area is 136 Å². The third kappa shape index (κ3) is 4.55. The Morgan fingerprint density at radius 3 is 2.70 bits per heavy atom. The van der Waals surface area contributed by atoms with Crippen molar-refractivity contribution >= 4 is 5.96 Å². The summed E-state index contributed by atoms with van der Waals surface area (Å²) in [5.41, 5.74) is 4.31. The van der Waals surface area contributed by atoms with Gasteiger partial charge >= 0.3 is 0 Å². The molecule has 0 aliphatic rings. The fourth-order valence-electron chi connectivity index (χ4n) is 2.48. The van der Waals surface area contributed by atoms with E-state index in [1.165, 1.54) is 11.6 Å². The van der Waals surface area contributed by atoms with Crippen molar-refractivity contribution < 1.29 is 4.39 Å². The molecule has 0 aliphatic carbocycles. The molecule has 23 heavy (non-hydrogen) atoms. The number of benzene rings is 1. The van der Waals surface area contributed by atoms with Gasteiger partial charge in [0.05, 0.1) is 5.69 Å². The first-order valence-electron chi connectivity index (χ1n) is 7.69. The van der Waals surface area contributed by atoms with Crippen molar-refractivity contribution in [1.29, 1.82) is 0 Å². The van der Waals surface area contributed by atoms with Crippen LogP contribution in [0.25, 0.3) is 0 Å². The summed E-state index contributed by atoms with van der Waals surface area (Å²) < 4.78 is 15.0. The van der Waals surface area contributed by atoms with E-state index in [-0.39, 0.29) is 5.82 Å². The molecule has 0 unspecified atom stereocenters. The second kappa shape index (κ2) is 7.76. The topological polar surface area (TPSA) is 54.2 Å². The summed E-state index contributed by atoms with van der Waals surface area (Å²) in [5.74, 6) is 0.525. The number of hydrogen-bond donors (Lipinski definition) is 2. The molecule has 0 saturated heterocycles. The Hall–Kier alpha value is -2.37. The van der Waals surface area contributed by atoms with Gasteiger partial charge in [-0.2, -0.15) is 5.10 Å². The van der Waals surface area contributed by atoms with Crippen molar-refractivity contribution in [2.45, 2.75) is 26.8 Å². The van der Waals surface area contributed by atoms with Crippen molar-refractivity contribution in [3.05, 3.63) is 52.6 Å². The molecular formula is C17H24FN5. The zero-order chi connectivity index (χ0) is 16.8. The minimum Gasteiger partial charge on any atom is -0.356 e. The van der Waals surface area contributed by atoms with Gasteiger partial charge in [-0.15, -0.1) is 0 Å². The summed E-state index contributed by atoms with van der Waals surface area (Å²) in [7, 11) is 3.68. The first-order valence-corrected chi connectivity index (χ1v) is 7.69. The number of aromatic nitrogens is 2. The van der Waals surface area contributed by atoms with Crippen molar-refractivity contribution in [2.75, 3.05) is 13.6 Å². The monoisotopic (exact) mass is 317 g/mol. The van der Waals surface area contributed by atoms with Crippen molar-refractivity contribution in [1.82, 2.24) is 20.4 Å². The maximum atomic E-state index is 13.1. The van der Waals surface area contributed by atoms with Crippen LogP contribution in [0.2, 0.25) is 0 Å². The largest absolute Gasteiger partial charge is 0.356 e. The fraction of sp³-hybridized carbons (Fsp3) is 0.412. The highest BCUT2D eigenvalue weighted by Crippen LogP contribution is 2.11. The molecule has 1 aromatic heterocycles. The van der Waals surface area contributed by atoms with E-state index < -0.39 is 0 Å². The van der Waals surface area contributed by atoms with Gasteiger partial charge in [-0.05, 0) is 38.0 Å². The molecule has 0 aliphatic heterocycles. The van der Waals surface area contributed by atoms with Crippen LogP contribution in [0, 0.1) is 19.7 Å². The molecule has 0 radical (unpaired) electrons. The summed E-state index contributed by atoms with van der Waals surface area (Å²) in [6.07, 6.45) is 0.739. The van der Waals surface area contributed by atoms with Crippen molar-refractivity contribution in [2.24, 2.45) is 12.0 Å². The molecule has 2 N–H and O–H groups in total. The molecule has 0 atom stereocenters. The average Bonchev–Trinajstić information content (AvgIpc) is 2.76. The Bertz CT molecular complexity index is 690. The molecule has 0 saturated carbocycles. The van der Waals surface area contributed by atoms with E-state index >= 15 is 0 Å². The summed E-state index contributed by atoms with van der Waals surface area (Å²) in [4.78, 5) is 4.21. The first-order chi connectivity index (χ1) is 11.0. The Morgan fingerprint density at radius 2 is 2.09 bits per heavy atom. The lowest BCUT2D eigenvalue weighted by Crippen LogP contribution is -2.38. The molecule has 124 valence electrons. The highest BCUT2D eigenvalue weighted by Gasteiger charge is 2.09. The Morgan fingerprint density at radius 1 is 1.30 bits per heavy atom. The zero-order valence-corrected chi connectivity index (χ0v) is 14.2. The molecule has 1 aromatic carbocycles. The number of halogens is 1. The second-order valence-electron chi connectivity index (χ2n) is 5.51. The van der Waals surface area contributed by atoms with E-state index in [2.05, 4.69) is 27.6 Å². The van der Waals surface area contributed by atoms with Crippen LogP contribution in [-0.4, -0.2) is 29.3 Å². The molecule has 0 bridgehead atoms. The van der Waals surface area contributed by atoms with Crippen LogP contribution in [-0.2, 0) is 20.0 Å². The van der Waals surface area contributed by atoms with E-state index in [0.717, 1.165) is 29.3 Å². The van der Waals surface area contributed by atoms with E-state index in [0.29, 0.717) is 13.1 Å². The van der Waals surface area contributed by atoms with Gasteiger partial charge in [0.1, 0.15) is 5.82 Å². The lowest BCUT2D eigenvalue weighted by atomic mass is 10.1. The predicted octanol–water partition coefficient (Wildman–Crippen LogP) is 2.08. The number of rotatable bonds is 5. The maximum absolute atomic E-state index is 13.1. The van der Waals surface area contributed by atoms with E-state index in [1.807, 2.05) is 24.7 Å². The van der Waals surface area contributed by atoms with Gasteiger partial charge < -0.3 is 10.6 Å². The van der Waals surface area contributed by atoms with E-state index in [4.69, 9.17) is 0 Å². The van der Waals surface area contributed by atoms with Crippen LogP contribution in [0.4, 0.5) is 4.39 Å². The van der Waals surface area contributed by atoms with Crippen LogP contribution in [0.5, 0.6) is 0 Å². The highest BCUT2D eigenvalue weighted by atomic mass is 19.1. The summed E-state index contributed by atoms with van der Waals surface area (Å²) >= 11 is 0. The van der Waals surface area contributed by atoms with Crippen molar-refractivity contribution in [3.63, 3.8) is 0 Å². The number of aryl methyl sites for hydroxylation is 2. The predicted molar refractivity (Wildman–Crippen MR) is 91.0 cm³/mol. The lowest BCUT2D eigenvalue weighted by Gasteiger charge is -2.12. The van der Waals surface area contributed by atoms with Gasteiger partial charge in [-0.25, -0.2) is 4.39 Å². The Balaban J connectivity index is 1.84. The average molecular weight is 317 g/mol. The molecule has 0 spiro atoms. The highest BCUT2D eigenvalue weighted by molar-refractivity contribution is 5.79. The molecule has 5 nitrogen and oxygen atoms in total. The first kappa shape index (κ1) is 17.0. The van der Waals surface area contributed by atoms with Crippen LogP contribution >= 0.6 is 0 Å². The Kier molecular flexibility index (Phi) is 5.73. The third-order valence-electron chi connectivity index (χ3n) is 3.91. The molecular weight excluding hydrogens is 293 g/mol. The van der Waals surface area contributed by atoms with Gasteiger partial charge in [0.25, 0.3) is 0 Å². The minimum absolute atomic E-state index is 0.201. The summed E-state index contributed by atoms with van der Waals surface area (Å²) in [5, 5.41) is 10.9. The van der Waals surface area contributed by atoms with Crippen molar-refractivity contribution in [3.8, 4) is 0 Å². The maximum Gasteiger partial charge on any atom is 0.191 e. The lowest BCUT2D eigenvalue weighted by molar-refractivity contribution is 0.625. The van der Waals surface area contributed by atoms with Crippen LogP contribution in [0.15, 0.2) is 29.3 Å². The van der Waals surface area contributed by atoms with Crippen LogP contribution < -0.4 is 10.6 Å². The smallest absolute Gasteiger partial charge is 0.191 e. The molecule has 0 amide bonds. The van der Waals surface area contributed by atoms with Gasteiger partial charge in [0.15, 0.2) is 5.96 Å². The molecule has 1 heterocycles. The SMILES string of the molecule is CN=C(NCCc1cccc(F)c1)NCc1c(C)nn(C)c1C. The van der Waals surface area contributed by atoms with Gasteiger partial charge in [-0.3, -0.25) is 9.67 Å². The van der Waals surface area contributed by atoms with Gasteiger partial charge in [0.2, 0.25) is 0 Å². The van der Waals surface area contributed by atoms with Gasteiger partial charge in [0, 0.05) is 38.4 Å². The standard InChI is InChI=1S/C17H24FN5/c1-12-16(13(2)23(4)22-12)11-21-17(19-3)20-9-8-14-6-5-7-15(18)10-14/h5-7,10H,8-9,11H2,1-4H3,(H2,19,20,21). The quantitative estimate of drug-likeness (QED) is 0.656. The summed E-state index contributed by atoms with van der Waals surface area (Å²) in [6.45, 7) is 5.42. The van der Waals surface area contributed by atoms with E-state index in [1.54, 1.807) is 19.2 Å². The number of aliphatic imine (C=N–C) groups is 1. The normalized spacial score (nSPS) is 11.6. The third-order valence-corrected chi connectivity index (χ3v) is 3.91. The summed E-state index contributed by atoms with van der Waals surface area (Å²) in [6, 6.07) is 6.66. The molecule has 6 heteroatoms. The van der Waals surface area contributed by atoms with Crippen LogP contribution in [0.1, 0.15) is 22.5 Å². The number of nitrogens with zero attached hydrogens (tertiary/aromatic N) is 3. The zero-order valence-electron chi connectivity index (χ0n) is 14.2. The molecule has 2 rings (SSSR count). The van der Waals surface area contributed by atoms with E-state index in [9.17, 15) is 4.39 Å². The fourth-order valence-corrected chi connectivity index (χ4v) is 2.48. The molecule has 2 aromatic rings. The number of guanidine groups is 1. The van der Waals surface area contributed by atoms with Gasteiger partial charge in [-0.1, -0.05) is 12.1 Å². The second-order valence-corrected chi connectivity index (χ2v) is 5.51. The van der Waals surface area contributed by atoms with Crippen LogP contribution in [0.3, 0.4) is 0 Å².